The lowest BCUT2D eigenvalue weighted by atomic mass is 9.83. The molecule has 3 heterocycles. The van der Waals surface area contributed by atoms with E-state index in [-0.39, 0.29) is 83.9 Å². The summed E-state index contributed by atoms with van der Waals surface area (Å²) < 4.78 is 0. The summed E-state index contributed by atoms with van der Waals surface area (Å²) >= 11 is 0. The summed E-state index contributed by atoms with van der Waals surface area (Å²) in [5.41, 5.74) is 6.34. The van der Waals surface area contributed by atoms with Crippen LogP contribution in [-0.4, -0.2) is 64.0 Å². The molecule has 0 radical (unpaired) electrons. The predicted molar refractivity (Wildman–Crippen MR) is 200 cm³/mol. The van der Waals surface area contributed by atoms with E-state index in [1.165, 1.54) is 67.7 Å². The summed E-state index contributed by atoms with van der Waals surface area (Å²) in [7, 11) is 1.38. The molecule has 0 aliphatic carbocycles. The third-order valence-electron chi connectivity index (χ3n) is 10.4. The molecule has 0 unspecified atom stereocenters. The Balaban J connectivity index is 0.00000221. The van der Waals surface area contributed by atoms with Gasteiger partial charge >= 0.3 is 0 Å². The second-order valence-corrected chi connectivity index (χ2v) is 13.5. The SMILES string of the molecule is CC.CCC(=O)c1ccc2c3c(ccc(C(N)=O)c13)C(=O)N(c1ccc(C(C)(C)N3C(=O)c4ccc5c6c(ccc(c46)C3=O)C(=O)N(C)C5=O)cc1)C2=O. The average Bonchev–Trinajstić information content (AvgIpc) is 3.17. The van der Waals surface area contributed by atoms with Crippen LogP contribution in [0.15, 0.2) is 72.8 Å². The van der Waals surface area contributed by atoms with E-state index in [2.05, 4.69) is 0 Å². The van der Waals surface area contributed by atoms with Crippen LogP contribution >= 0.6 is 0 Å². The molecule has 54 heavy (non-hydrogen) atoms. The number of carbonyl (C=O) groups is 8. The highest BCUT2D eigenvalue weighted by molar-refractivity contribution is 6.38. The number of benzene rings is 5. The second kappa shape index (κ2) is 12.4. The number of anilines is 1. The Morgan fingerprint density at radius 3 is 1.39 bits per heavy atom. The van der Waals surface area contributed by atoms with Gasteiger partial charge in [0.1, 0.15) is 0 Å². The molecule has 0 saturated heterocycles. The van der Waals surface area contributed by atoms with E-state index in [1.807, 2.05) is 13.8 Å². The van der Waals surface area contributed by atoms with Gasteiger partial charge in [0.05, 0.1) is 11.2 Å². The molecule has 0 bridgehead atoms. The molecular formula is C42H34N4O8. The van der Waals surface area contributed by atoms with Gasteiger partial charge in [-0.25, -0.2) is 4.90 Å². The van der Waals surface area contributed by atoms with E-state index in [4.69, 9.17) is 5.73 Å². The van der Waals surface area contributed by atoms with Crippen molar-refractivity contribution in [3.05, 3.63) is 123 Å². The highest BCUT2D eigenvalue weighted by atomic mass is 16.2. The van der Waals surface area contributed by atoms with Crippen molar-refractivity contribution in [2.45, 2.75) is 46.6 Å². The van der Waals surface area contributed by atoms with Crippen LogP contribution in [0.25, 0.3) is 21.5 Å². The Morgan fingerprint density at radius 1 is 0.556 bits per heavy atom. The molecular weight excluding hydrogens is 688 g/mol. The first-order valence-corrected chi connectivity index (χ1v) is 17.4. The van der Waals surface area contributed by atoms with Crippen molar-refractivity contribution in [2.75, 3.05) is 11.9 Å². The molecule has 5 aromatic rings. The third kappa shape index (κ3) is 4.69. The standard InChI is InChI=1S/C40H28N4O8.C2H6/c1-5-28(45)20-10-12-24-31-25(13-11-21(29(20)31)33(41)46)37(50)43(36(24)49)19-8-6-18(7-9-19)40(2,3)44-38(51)26-16-14-22-30-23(35(48)42(4)34(22)47)15-17-27(32(26)30)39(44)52;1-2/h6-17H,5H2,1-4H3,(H2,41,46);1-2H3. The number of rotatable bonds is 6. The number of hydrogen-bond acceptors (Lipinski definition) is 8. The van der Waals surface area contributed by atoms with Crippen LogP contribution in [0.5, 0.6) is 0 Å². The molecule has 0 spiro atoms. The van der Waals surface area contributed by atoms with Crippen LogP contribution in [0.1, 0.15) is 129 Å². The Hall–Kier alpha value is -6.82. The second-order valence-electron chi connectivity index (χ2n) is 13.5. The van der Waals surface area contributed by atoms with Gasteiger partial charge in [-0.2, -0.15) is 0 Å². The van der Waals surface area contributed by atoms with E-state index < -0.39 is 46.9 Å². The minimum atomic E-state index is -1.25. The van der Waals surface area contributed by atoms with Gasteiger partial charge in [0.2, 0.25) is 5.91 Å². The summed E-state index contributed by atoms with van der Waals surface area (Å²) in [6, 6.07) is 18.0. The molecule has 12 nitrogen and oxygen atoms in total. The first-order chi connectivity index (χ1) is 25.7. The molecule has 7 amide bonds. The molecule has 3 aliphatic heterocycles. The molecule has 3 aliphatic rings. The minimum Gasteiger partial charge on any atom is -0.366 e. The van der Waals surface area contributed by atoms with Crippen molar-refractivity contribution in [3.8, 4) is 0 Å². The minimum absolute atomic E-state index is 0.0254. The summed E-state index contributed by atoms with van der Waals surface area (Å²) in [6.07, 6.45) is 0.131. The van der Waals surface area contributed by atoms with Crippen molar-refractivity contribution in [3.63, 3.8) is 0 Å². The highest BCUT2D eigenvalue weighted by Gasteiger charge is 2.45. The number of primary amides is 1. The molecule has 2 N–H and O–H groups in total. The van der Waals surface area contributed by atoms with Crippen molar-refractivity contribution in [2.24, 2.45) is 5.73 Å². The maximum atomic E-state index is 14.1. The number of nitrogens with zero attached hydrogens (tertiary/aromatic N) is 3. The summed E-state index contributed by atoms with van der Waals surface area (Å²) in [5.74, 6) is -4.71. The summed E-state index contributed by atoms with van der Waals surface area (Å²) in [6.45, 7) is 9.04. The predicted octanol–water partition coefficient (Wildman–Crippen LogP) is 6.27. The largest absolute Gasteiger partial charge is 0.366 e. The lowest BCUT2D eigenvalue weighted by Gasteiger charge is -2.40. The number of nitrogens with two attached hydrogens (primary N) is 1. The first kappa shape index (κ1) is 35.6. The number of Topliss-reactive ketones (excluding diaryl/α,β-unsaturated/α-hetero) is 1. The molecule has 0 fully saturated rings. The molecule has 270 valence electrons. The summed E-state index contributed by atoms with van der Waals surface area (Å²) in [5, 5.41) is 0.881. The molecule has 0 saturated carbocycles. The van der Waals surface area contributed by atoms with Gasteiger partial charge in [0.25, 0.3) is 35.4 Å². The highest BCUT2D eigenvalue weighted by Crippen LogP contribution is 2.42. The van der Waals surface area contributed by atoms with Crippen molar-refractivity contribution in [1.29, 1.82) is 0 Å². The van der Waals surface area contributed by atoms with Crippen LogP contribution in [0.3, 0.4) is 0 Å². The fraction of sp³-hybridized carbons (Fsp3) is 0.190. The monoisotopic (exact) mass is 722 g/mol. The fourth-order valence-electron chi connectivity index (χ4n) is 7.70. The number of ketones is 1. The van der Waals surface area contributed by atoms with Gasteiger partial charge in [0, 0.05) is 79.5 Å². The molecule has 12 heteroatoms. The van der Waals surface area contributed by atoms with Gasteiger partial charge in [-0.15, -0.1) is 0 Å². The van der Waals surface area contributed by atoms with Gasteiger partial charge in [-0.05, 0) is 80.1 Å². The quantitative estimate of drug-likeness (QED) is 0.158. The zero-order chi connectivity index (χ0) is 39.1. The van der Waals surface area contributed by atoms with E-state index in [9.17, 15) is 38.4 Å². The zero-order valence-corrected chi connectivity index (χ0v) is 30.3. The van der Waals surface area contributed by atoms with Crippen LogP contribution in [-0.2, 0) is 5.54 Å². The van der Waals surface area contributed by atoms with E-state index >= 15 is 0 Å². The van der Waals surface area contributed by atoms with Gasteiger partial charge in [-0.3, -0.25) is 48.2 Å². The molecule has 8 rings (SSSR count). The van der Waals surface area contributed by atoms with Crippen LogP contribution in [0, 0.1) is 0 Å². The molecule has 5 aromatic carbocycles. The maximum absolute atomic E-state index is 14.1. The topological polar surface area (TPSA) is 172 Å². The van der Waals surface area contributed by atoms with Crippen molar-refractivity contribution < 1.29 is 38.4 Å². The smallest absolute Gasteiger partial charge is 0.265 e. The number of hydrogen-bond donors (Lipinski definition) is 1. The lowest BCUT2D eigenvalue weighted by molar-refractivity contribution is 0.0424. The van der Waals surface area contributed by atoms with Crippen molar-refractivity contribution >= 4 is 74.4 Å². The van der Waals surface area contributed by atoms with Crippen LogP contribution in [0.4, 0.5) is 5.69 Å². The van der Waals surface area contributed by atoms with Gasteiger partial charge in [-0.1, -0.05) is 32.9 Å². The van der Waals surface area contributed by atoms with E-state index in [0.717, 1.165) is 14.7 Å². The van der Waals surface area contributed by atoms with Crippen LogP contribution in [0.2, 0.25) is 0 Å². The molecule has 0 aromatic heterocycles. The zero-order valence-electron chi connectivity index (χ0n) is 30.3. The Kier molecular flexibility index (Phi) is 8.17. The Labute approximate surface area is 309 Å². The van der Waals surface area contributed by atoms with Gasteiger partial charge < -0.3 is 5.73 Å². The summed E-state index contributed by atoms with van der Waals surface area (Å²) in [4.78, 5) is 110. The van der Waals surface area contributed by atoms with Crippen molar-refractivity contribution in [1.82, 2.24) is 9.80 Å². The average molecular weight is 723 g/mol. The third-order valence-corrected chi connectivity index (χ3v) is 10.4. The van der Waals surface area contributed by atoms with E-state index in [0.29, 0.717) is 5.56 Å². The lowest BCUT2D eigenvalue weighted by Crippen LogP contribution is -2.51. The number of imide groups is 3. The number of carbonyl (C=O) groups excluding carboxylic acids is 8. The Morgan fingerprint density at radius 2 is 0.944 bits per heavy atom. The van der Waals surface area contributed by atoms with Gasteiger partial charge in [0.15, 0.2) is 5.78 Å². The normalized spacial score (nSPS) is 14.9. The van der Waals surface area contributed by atoms with Crippen LogP contribution < -0.4 is 10.6 Å². The maximum Gasteiger partial charge on any atom is 0.265 e. The first-order valence-electron chi connectivity index (χ1n) is 17.4. The fourth-order valence-corrected chi connectivity index (χ4v) is 7.70. The van der Waals surface area contributed by atoms with E-state index in [1.54, 1.807) is 32.9 Å². The Bertz CT molecular complexity index is 2530. The number of amides is 7. The molecule has 0 atom stereocenters.